The number of allylic oxidation sites excluding steroid dienone is 1. The quantitative estimate of drug-likeness (QED) is 0.393. The first kappa shape index (κ1) is 5.56. The van der Waals surface area contributed by atoms with Crippen LogP contribution in [0.1, 0.15) is 12.8 Å². The molecule has 0 bridgehead atoms. The van der Waals surface area contributed by atoms with Crippen LogP contribution in [0.15, 0.2) is 12.2 Å². The van der Waals surface area contributed by atoms with Crippen molar-refractivity contribution >= 4 is 22.9 Å². The third-order valence-corrected chi connectivity index (χ3v) is 1.95. The molecule has 1 aliphatic carbocycles. The second kappa shape index (κ2) is 2.67. The van der Waals surface area contributed by atoms with Crippen LogP contribution in [0.5, 0.6) is 0 Å². The van der Waals surface area contributed by atoms with Crippen molar-refractivity contribution in [2.45, 2.75) is 18.9 Å². The molecule has 0 saturated carbocycles. The van der Waals surface area contributed by atoms with Crippen molar-refractivity contribution in [3.63, 3.8) is 0 Å². The van der Waals surface area contributed by atoms with E-state index in [0.717, 1.165) is 0 Å². The van der Waals surface area contributed by atoms with E-state index >= 15 is 0 Å². The van der Waals surface area contributed by atoms with Crippen molar-refractivity contribution in [3.05, 3.63) is 12.2 Å². The van der Waals surface area contributed by atoms with Crippen molar-refractivity contribution in [2.24, 2.45) is 0 Å². The molecule has 0 fully saturated rings. The zero-order valence-electron chi connectivity index (χ0n) is 4.02. The lowest BCUT2D eigenvalue weighted by atomic mass is 10.3. The van der Waals surface area contributed by atoms with E-state index in [-0.39, 0.29) is 0 Å². The first-order chi connectivity index (χ1) is 3.43. The van der Waals surface area contributed by atoms with E-state index in [0.29, 0.717) is 6.04 Å². The van der Waals surface area contributed by atoms with Gasteiger partial charge in [-0.25, -0.2) is 0 Å². The summed E-state index contributed by atoms with van der Waals surface area (Å²) >= 11 is 2.19. The van der Waals surface area contributed by atoms with Gasteiger partial charge in [-0.15, -0.1) is 0 Å². The summed E-state index contributed by atoms with van der Waals surface area (Å²) in [4.78, 5) is 0. The largest absolute Gasteiger partial charge is 0.254 e. The maximum Gasteiger partial charge on any atom is 0.0346 e. The second-order valence-electron chi connectivity index (χ2n) is 1.72. The Morgan fingerprint density at radius 3 is 2.86 bits per heavy atom. The molecule has 1 unspecified atom stereocenters. The van der Waals surface area contributed by atoms with Crippen LogP contribution in [0.25, 0.3) is 0 Å². The predicted octanol–water partition coefficient (Wildman–Crippen LogP) is 1.64. The summed E-state index contributed by atoms with van der Waals surface area (Å²) in [6.07, 6.45) is 6.96. The van der Waals surface area contributed by atoms with E-state index in [1.165, 1.54) is 12.8 Å². The monoisotopic (exact) mass is 209 g/mol. The molecule has 1 nitrogen and oxygen atoms in total. The van der Waals surface area contributed by atoms with Crippen molar-refractivity contribution < 1.29 is 0 Å². The highest BCUT2D eigenvalue weighted by Crippen LogP contribution is 2.09. The summed E-state index contributed by atoms with van der Waals surface area (Å²) in [7, 11) is 0. The predicted molar refractivity (Wildman–Crippen MR) is 39.3 cm³/mol. The number of halogens is 1. The Labute approximate surface area is 57.7 Å². The minimum atomic E-state index is 0.653. The fourth-order valence-electron chi connectivity index (χ4n) is 0.723. The van der Waals surface area contributed by atoms with Gasteiger partial charge in [-0.05, 0) is 12.8 Å². The summed E-state index contributed by atoms with van der Waals surface area (Å²) in [5.41, 5.74) is 0. The molecule has 7 heavy (non-hydrogen) atoms. The van der Waals surface area contributed by atoms with Crippen LogP contribution < -0.4 is 3.53 Å². The van der Waals surface area contributed by atoms with Gasteiger partial charge >= 0.3 is 0 Å². The highest BCUT2D eigenvalue weighted by Gasteiger charge is 2.04. The van der Waals surface area contributed by atoms with Gasteiger partial charge in [0.25, 0.3) is 0 Å². The zero-order valence-corrected chi connectivity index (χ0v) is 6.18. The van der Waals surface area contributed by atoms with Gasteiger partial charge < -0.3 is 0 Å². The van der Waals surface area contributed by atoms with E-state index in [9.17, 15) is 0 Å². The van der Waals surface area contributed by atoms with Crippen LogP contribution in [0, 0.1) is 0 Å². The Morgan fingerprint density at radius 1 is 1.71 bits per heavy atom. The molecule has 0 aromatic carbocycles. The van der Waals surface area contributed by atoms with Crippen molar-refractivity contribution in [1.29, 1.82) is 0 Å². The normalized spacial score (nSPS) is 29.0. The minimum Gasteiger partial charge on any atom is -0.254 e. The fraction of sp³-hybridized carbons (Fsp3) is 0.600. The molecule has 0 aliphatic heterocycles. The third-order valence-electron chi connectivity index (χ3n) is 1.15. The maximum atomic E-state index is 3.15. The molecule has 1 rings (SSSR count). The van der Waals surface area contributed by atoms with Gasteiger partial charge in [0.15, 0.2) is 0 Å². The molecular formula is C5H8IN. The molecule has 1 atom stereocenters. The lowest BCUT2D eigenvalue weighted by Crippen LogP contribution is -2.12. The molecule has 0 aromatic rings. The number of rotatable bonds is 1. The van der Waals surface area contributed by atoms with E-state index in [2.05, 4.69) is 38.5 Å². The molecule has 0 aromatic heterocycles. The minimum absolute atomic E-state index is 0.653. The molecule has 1 aliphatic rings. The Bertz CT molecular complexity index is 80.1. The SMILES string of the molecule is INC1C=CCC1. The van der Waals surface area contributed by atoms with Crippen LogP contribution >= 0.6 is 22.9 Å². The van der Waals surface area contributed by atoms with Gasteiger partial charge in [0, 0.05) is 28.9 Å². The molecule has 0 radical (unpaired) electrons. The molecule has 0 heterocycles. The second-order valence-corrected chi connectivity index (χ2v) is 2.34. The summed E-state index contributed by atoms with van der Waals surface area (Å²) < 4.78 is 3.15. The standard InChI is InChI=1S/C5H8IN/c6-7-5-3-1-2-4-5/h1,3,5,7H,2,4H2. The summed E-state index contributed by atoms with van der Waals surface area (Å²) in [6, 6.07) is 0.653. The Balaban J connectivity index is 2.28. The first-order valence-electron chi connectivity index (χ1n) is 2.46. The van der Waals surface area contributed by atoms with E-state index in [1.807, 2.05) is 0 Å². The van der Waals surface area contributed by atoms with Crippen LogP contribution in [0.3, 0.4) is 0 Å². The van der Waals surface area contributed by atoms with E-state index in [4.69, 9.17) is 0 Å². The van der Waals surface area contributed by atoms with E-state index in [1.54, 1.807) is 0 Å². The van der Waals surface area contributed by atoms with Crippen LogP contribution in [-0.2, 0) is 0 Å². The fourth-order valence-corrected chi connectivity index (χ4v) is 1.24. The lowest BCUT2D eigenvalue weighted by Gasteiger charge is -1.99. The number of hydrogen-bond donors (Lipinski definition) is 1. The first-order valence-corrected chi connectivity index (χ1v) is 3.54. The molecule has 1 N–H and O–H groups in total. The topological polar surface area (TPSA) is 12.0 Å². The Hall–Kier alpha value is 0.430. The zero-order chi connectivity index (χ0) is 5.11. The third kappa shape index (κ3) is 1.42. The highest BCUT2D eigenvalue weighted by atomic mass is 127. The Morgan fingerprint density at radius 2 is 2.57 bits per heavy atom. The summed E-state index contributed by atoms with van der Waals surface area (Å²) in [5.74, 6) is 0. The van der Waals surface area contributed by atoms with E-state index < -0.39 is 0 Å². The molecule has 0 amide bonds. The average Bonchev–Trinajstić information content (AvgIpc) is 2.14. The van der Waals surface area contributed by atoms with Gasteiger partial charge in [-0.1, -0.05) is 12.2 Å². The van der Waals surface area contributed by atoms with Gasteiger partial charge in [0.2, 0.25) is 0 Å². The van der Waals surface area contributed by atoms with Gasteiger partial charge in [0.05, 0.1) is 0 Å². The number of hydrogen-bond acceptors (Lipinski definition) is 1. The van der Waals surface area contributed by atoms with Crippen molar-refractivity contribution in [3.8, 4) is 0 Å². The number of nitrogens with one attached hydrogen (secondary N) is 1. The van der Waals surface area contributed by atoms with Crippen LogP contribution in [0.2, 0.25) is 0 Å². The molecule has 40 valence electrons. The highest BCUT2D eigenvalue weighted by molar-refractivity contribution is 14.1. The van der Waals surface area contributed by atoms with Crippen molar-refractivity contribution in [1.82, 2.24) is 3.53 Å². The summed E-state index contributed by atoms with van der Waals surface area (Å²) in [5, 5.41) is 0. The van der Waals surface area contributed by atoms with Gasteiger partial charge in [-0.3, -0.25) is 3.53 Å². The lowest BCUT2D eigenvalue weighted by molar-refractivity contribution is 0.752. The van der Waals surface area contributed by atoms with Gasteiger partial charge in [-0.2, -0.15) is 0 Å². The maximum absolute atomic E-state index is 3.15. The van der Waals surface area contributed by atoms with Crippen LogP contribution in [0.4, 0.5) is 0 Å². The molecule has 0 saturated heterocycles. The molecule has 2 heteroatoms. The Kier molecular flexibility index (Phi) is 2.12. The van der Waals surface area contributed by atoms with Gasteiger partial charge in [0.1, 0.15) is 0 Å². The van der Waals surface area contributed by atoms with Crippen molar-refractivity contribution in [2.75, 3.05) is 0 Å². The average molecular weight is 209 g/mol. The molecule has 0 spiro atoms. The van der Waals surface area contributed by atoms with Crippen LogP contribution in [-0.4, -0.2) is 6.04 Å². The molecular weight excluding hydrogens is 201 g/mol. The smallest absolute Gasteiger partial charge is 0.0346 e. The summed E-state index contributed by atoms with van der Waals surface area (Å²) in [6.45, 7) is 0.